The average molecular weight is 248 g/mol. The summed E-state index contributed by atoms with van der Waals surface area (Å²) >= 11 is 0. The summed E-state index contributed by atoms with van der Waals surface area (Å²) < 4.78 is 22.4. The molecule has 6 heteroatoms. The minimum absolute atomic E-state index is 0.0315. The molecule has 0 aromatic heterocycles. The van der Waals surface area contributed by atoms with Gasteiger partial charge in [-0.2, -0.15) is 0 Å². The highest BCUT2D eigenvalue weighted by Gasteiger charge is 2.25. The van der Waals surface area contributed by atoms with Crippen molar-refractivity contribution in [3.63, 3.8) is 0 Å². The lowest BCUT2D eigenvalue weighted by Gasteiger charge is -2.26. The van der Waals surface area contributed by atoms with Crippen LogP contribution in [0.15, 0.2) is 0 Å². The van der Waals surface area contributed by atoms with Crippen LogP contribution in [-0.4, -0.2) is 44.5 Å². The van der Waals surface area contributed by atoms with Gasteiger partial charge in [0.1, 0.15) is 9.84 Å². The first kappa shape index (κ1) is 13.4. The predicted molar refractivity (Wildman–Crippen MR) is 63.0 cm³/mol. The predicted octanol–water partition coefficient (Wildman–Crippen LogP) is -0.322. The third-order valence-electron chi connectivity index (χ3n) is 2.78. The molecule has 5 nitrogen and oxygen atoms in total. The van der Waals surface area contributed by atoms with Crippen LogP contribution < -0.4 is 10.6 Å². The van der Waals surface area contributed by atoms with E-state index in [0.717, 1.165) is 0 Å². The lowest BCUT2D eigenvalue weighted by molar-refractivity contribution is -0.122. The molecule has 1 aliphatic rings. The third kappa shape index (κ3) is 4.09. The highest BCUT2D eigenvalue weighted by Crippen LogP contribution is 2.12. The molecule has 1 fully saturated rings. The average Bonchev–Trinajstić information content (AvgIpc) is 2.21. The number of hydrogen-bond acceptors (Lipinski definition) is 4. The molecule has 2 N–H and O–H groups in total. The fourth-order valence-electron chi connectivity index (χ4n) is 1.81. The summed E-state index contributed by atoms with van der Waals surface area (Å²) in [5.74, 6) is 0.426. The highest BCUT2D eigenvalue weighted by molar-refractivity contribution is 7.91. The smallest absolute Gasteiger partial charge is 0.236 e. The lowest BCUT2D eigenvalue weighted by atomic mass is 10.1. The van der Waals surface area contributed by atoms with Gasteiger partial charge >= 0.3 is 0 Å². The van der Waals surface area contributed by atoms with Crippen LogP contribution in [0.25, 0.3) is 0 Å². The molecule has 1 heterocycles. The van der Waals surface area contributed by atoms with Crippen molar-refractivity contribution in [2.45, 2.75) is 38.8 Å². The molecular weight excluding hydrogens is 228 g/mol. The van der Waals surface area contributed by atoms with Gasteiger partial charge in [-0.1, -0.05) is 0 Å². The molecule has 1 saturated heterocycles. The number of hydrogen-bond donors (Lipinski definition) is 2. The van der Waals surface area contributed by atoms with Crippen molar-refractivity contribution in [2.24, 2.45) is 0 Å². The second-order valence-electron chi connectivity index (χ2n) is 4.21. The van der Waals surface area contributed by atoms with Crippen LogP contribution in [0.4, 0.5) is 0 Å². The Bertz CT molecular complexity index is 326. The zero-order chi connectivity index (χ0) is 12.2. The molecule has 1 amide bonds. The maximum Gasteiger partial charge on any atom is 0.236 e. The minimum Gasteiger partial charge on any atom is -0.355 e. The van der Waals surface area contributed by atoms with Gasteiger partial charge in [-0.3, -0.25) is 4.79 Å². The van der Waals surface area contributed by atoms with E-state index in [1.54, 1.807) is 6.92 Å². The van der Waals surface area contributed by atoms with Crippen molar-refractivity contribution in [1.29, 1.82) is 0 Å². The number of nitrogens with one attached hydrogen (secondary N) is 2. The third-order valence-corrected chi connectivity index (χ3v) is 4.50. The van der Waals surface area contributed by atoms with Gasteiger partial charge in [0.25, 0.3) is 0 Å². The van der Waals surface area contributed by atoms with Gasteiger partial charge in [0.05, 0.1) is 17.5 Å². The van der Waals surface area contributed by atoms with Crippen LogP contribution in [-0.2, 0) is 14.6 Å². The molecule has 0 aromatic carbocycles. The van der Waals surface area contributed by atoms with Crippen LogP contribution in [0.2, 0.25) is 0 Å². The van der Waals surface area contributed by atoms with Crippen LogP contribution in [0.1, 0.15) is 26.7 Å². The van der Waals surface area contributed by atoms with Gasteiger partial charge < -0.3 is 10.6 Å². The molecule has 0 radical (unpaired) electrons. The Hall–Kier alpha value is -0.620. The number of likely N-dealkylation sites (N-methyl/N-ethyl adjacent to an activating group) is 1. The molecule has 1 aliphatic heterocycles. The Morgan fingerprint density at radius 1 is 1.38 bits per heavy atom. The molecule has 1 atom stereocenters. The standard InChI is InChI=1S/C10H20N2O3S/c1-3-11-10(13)8(2)12-9-4-6-16(14,15)7-5-9/h8-9,12H,3-7H2,1-2H3,(H,11,13). The van der Waals surface area contributed by atoms with E-state index < -0.39 is 9.84 Å². The molecule has 16 heavy (non-hydrogen) atoms. The summed E-state index contributed by atoms with van der Waals surface area (Å²) in [6.45, 7) is 4.29. The largest absolute Gasteiger partial charge is 0.355 e. The van der Waals surface area contributed by atoms with E-state index in [4.69, 9.17) is 0 Å². The monoisotopic (exact) mass is 248 g/mol. The summed E-state index contributed by atoms with van der Waals surface area (Å²) in [4.78, 5) is 11.5. The molecular formula is C10H20N2O3S. The van der Waals surface area contributed by atoms with Crippen molar-refractivity contribution in [1.82, 2.24) is 10.6 Å². The Balaban J connectivity index is 2.36. The van der Waals surface area contributed by atoms with Gasteiger partial charge in [0.15, 0.2) is 0 Å². The van der Waals surface area contributed by atoms with E-state index in [0.29, 0.717) is 19.4 Å². The summed E-state index contributed by atoms with van der Waals surface area (Å²) in [5.41, 5.74) is 0. The van der Waals surface area contributed by atoms with Crippen LogP contribution in [0.5, 0.6) is 0 Å². The quantitative estimate of drug-likeness (QED) is 0.715. The van der Waals surface area contributed by atoms with Gasteiger partial charge in [0.2, 0.25) is 5.91 Å². The molecule has 0 saturated carbocycles. The van der Waals surface area contributed by atoms with Crippen molar-refractivity contribution in [2.75, 3.05) is 18.1 Å². The van der Waals surface area contributed by atoms with Crippen LogP contribution >= 0.6 is 0 Å². The highest BCUT2D eigenvalue weighted by atomic mass is 32.2. The number of carbonyl (C=O) groups is 1. The molecule has 0 aliphatic carbocycles. The Morgan fingerprint density at radius 3 is 2.44 bits per heavy atom. The molecule has 1 unspecified atom stereocenters. The van der Waals surface area contributed by atoms with E-state index in [-0.39, 0.29) is 29.5 Å². The summed E-state index contributed by atoms with van der Waals surface area (Å²) in [6.07, 6.45) is 1.21. The number of sulfone groups is 1. The van der Waals surface area contributed by atoms with Gasteiger partial charge in [-0.15, -0.1) is 0 Å². The van der Waals surface area contributed by atoms with Crippen LogP contribution in [0.3, 0.4) is 0 Å². The second kappa shape index (κ2) is 5.63. The zero-order valence-electron chi connectivity index (χ0n) is 9.82. The first-order valence-corrected chi connectivity index (χ1v) is 7.51. The van der Waals surface area contributed by atoms with Crippen molar-refractivity contribution >= 4 is 15.7 Å². The van der Waals surface area contributed by atoms with E-state index in [1.807, 2.05) is 6.92 Å². The van der Waals surface area contributed by atoms with Crippen molar-refractivity contribution < 1.29 is 13.2 Å². The summed E-state index contributed by atoms with van der Waals surface area (Å²) in [7, 11) is -2.82. The first-order valence-electron chi connectivity index (χ1n) is 5.69. The van der Waals surface area contributed by atoms with E-state index >= 15 is 0 Å². The molecule has 0 bridgehead atoms. The van der Waals surface area contributed by atoms with Crippen LogP contribution in [0, 0.1) is 0 Å². The van der Waals surface area contributed by atoms with E-state index in [1.165, 1.54) is 0 Å². The van der Waals surface area contributed by atoms with E-state index in [2.05, 4.69) is 10.6 Å². The Kier molecular flexibility index (Phi) is 4.73. The second-order valence-corrected chi connectivity index (χ2v) is 6.51. The Morgan fingerprint density at radius 2 is 1.94 bits per heavy atom. The summed E-state index contributed by atoms with van der Waals surface area (Å²) in [5, 5.41) is 5.90. The fourth-order valence-corrected chi connectivity index (χ4v) is 3.30. The lowest BCUT2D eigenvalue weighted by Crippen LogP contribution is -2.48. The summed E-state index contributed by atoms with van der Waals surface area (Å²) in [6, 6.07) is -0.119. The van der Waals surface area contributed by atoms with Crippen molar-refractivity contribution in [3.8, 4) is 0 Å². The molecule has 94 valence electrons. The molecule has 0 aromatic rings. The number of carbonyl (C=O) groups excluding carboxylic acids is 1. The van der Waals surface area contributed by atoms with Crippen molar-refractivity contribution in [3.05, 3.63) is 0 Å². The molecule has 1 rings (SSSR count). The number of rotatable bonds is 4. The van der Waals surface area contributed by atoms with Gasteiger partial charge in [-0.05, 0) is 26.7 Å². The SMILES string of the molecule is CCNC(=O)C(C)NC1CCS(=O)(=O)CC1. The van der Waals surface area contributed by atoms with Gasteiger partial charge in [-0.25, -0.2) is 8.42 Å². The van der Waals surface area contributed by atoms with E-state index in [9.17, 15) is 13.2 Å². The maximum atomic E-state index is 11.5. The fraction of sp³-hybridized carbons (Fsp3) is 0.900. The maximum absolute atomic E-state index is 11.5. The number of amides is 1. The Labute approximate surface area is 96.9 Å². The molecule has 0 spiro atoms. The normalized spacial score (nSPS) is 22.6. The minimum atomic E-state index is -2.82. The van der Waals surface area contributed by atoms with Gasteiger partial charge in [0, 0.05) is 12.6 Å². The first-order chi connectivity index (χ1) is 7.44. The topological polar surface area (TPSA) is 75.3 Å². The zero-order valence-corrected chi connectivity index (χ0v) is 10.6.